The van der Waals surface area contributed by atoms with Crippen LogP contribution in [-0.2, 0) is 15.1 Å². The molecule has 2 rings (SSSR count). The first-order valence-corrected chi connectivity index (χ1v) is 7.91. The SMILES string of the molecule is CC(C)C[C@@H](NC(=O)c1ccc(C2(C)NC(=O)NC2=O)cc1)C(=O)O. The van der Waals surface area contributed by atoms with E-state index in [1.54, 1.807) is 19.1 Å². The van der Waals surface area contributed by atoms with Crippen LogP contribution in [-0.4, -0.2) is 35.0 Å². The van der Waals surface area contributed by atoms with E-state index >= 15 is 0 Å². The molecular weight excluding hydrogens is 326 g/mol. The van der Waals surface area contributed by atoms with Crippen LogP contribution in [0.2, 0.25) is 0 Å². The van der Waals surface area contributed by atoms with Gasteiger partial charge in [-0.3, -0.25) is 14.9 Å². The molecule has 1 heterocycles. The zero-order valence-electron chi connectivity index (χ0n) is 14.3. The van der Waals surface area contributed by atoms with Crippen molar-refractivity contribution < 1.29 is 24.3 Å². The minimum atomic E-state index is -1.20. The van der Waals surface area contributed by atoms with Gasteiger partial charge >= 0.3 is 12.0 Å². The lowest BCUT2D eigenvalue weighted by atomic mass is 9.91. The Morgan fingerprint density at radius 1 is 1.20 bits per heavy atom. The molecule has 1 saturated heterocycles. The molecular formula is C17H21N3O5. The Bertz CT molecular complexity index is 713. The third-order valence-corrected chi connectivity index (χ3v) is 4.08. The summed E-state index contributed by atoms with van der Waals surface area (Å²) in [5, 5.41) is 16.4. The van der Waals surface area contributed by atoms with Crippen LogP contribution in [0.15, 0.2) is 24.3 Å². The number of rotatable bonds is 6. The van der Waals surface area contributed by atoms with Gasteiger partial charge in [0.05, 0.1) is 0 Å². The van der Waals surface area contributed by atoms with Crippen LogP contribution in [0.1, 0.15) is 43.1 Å². The Labute approximate surface area is 145 Å². The number of hydrogen-bond donors (Lipinski definition) is 4. The molecule has 1 unspecified atom stereocenters. The van der Waals surface area contributed by atoms with Gasteiger partial charge in [0.1, 0.15) is 11.6 Å². The monoisotopic (exact) mass is 347 g/mol. The summed E-state index contributed by atoms with van der Waals surface area (Å²) in [6.45, 7) is 5.31. The van der Waals surface area contributed by atoms with Crippen molar-refractivity contribution in [1.82, 2.24) is 16.0 Å². The second kappa shape index (κ2) is 6.92. The van der Waals surface area contributed by atoms with Crippen LogP contribution in [0.3, 0.4) is 0 Å². The van der Waals surface area contributed by atoms with Crippen LogP contribution in [0.4, 0.5) is 4.79 Å². The van der Waals surface area contributed by atoms with Gasteiger partial charge in [0.2, 0.25) is 0 Å². The molecule has 4 amide bonds. The lowest BCUT2D eigenvalue weighted by molar-refractivity contribution is -0.139. The number of carboxylic acid groups (broad SMARTS) is 1. The van der Waals surface area contributed by atoms with E-state index in [1.165, 1.54) is 12.1 Å². The standard InChI is InChI=1S/C17H21N3O5/c1-9(2)8-12(14(22)23)18-13(21)10-4-6-11(7-5-10)17(3)15(24)19-16(25)20-17/h4-7,9,12H,8H2,1-3H3,(H,18,21)(H,22,23)(H2,19,20,24,25)/t12-,17?/m1/s1. The van der Waals surface area contributed by atoms with E-state index in [-0.39, 0.29) is 11.5 Å². The van der Waals surface area contributed by atoms with E-state index in [1.807, 2.05) is 13.8 Å². The molecule has 1 aliphatic heterocycles. The number of carboxylic acids is 1. The Balaban J connectivity index is 2.14. The van der Waals surface area contributed by atoms with Gasteiger partial charge in [0, 0.05) is 5.56 Å². The quantitative estimate of drug-likeness (QED) is 0.571. The second-order valence-electron chi connectivity index (χ2n) is 6.60. The molecule has 2 atom stereocenters. The molecule has 1 fully saturated rings. The molecule has 1 aromatic carbocycles. The third kappa shape index (κ3) is 3.96. The predicted octanol–water partition coefficient (Wildman–Crippen LogP) is 0.970. The summed E-state index contributed by atoms with van der Waals surface area (Å²) in [4.78, 5) is 46.7. The first-order chi connectivity index (χ1) is 11.6. The fraction of sp³-hybridized carbons (Fsp3) is 0.412. The van der Waals surface area contributed by atoms with E-state index in [0.717, 1.165) is 0 Å². The van der Waals surface area contributed by atoms with Crippen LogP contribution in [0.25, 0.3) is 0 Å². The van der Waals surface area contributed by atoms with E-state index in [9.17, 15) is 24.3 Å². The number of hydrogen-bond acceptors (Lipinski definition) is 4. The summed E-state index contributed by atoms with van der Waals surface area (Å²) < 4.78 is 0. The van der Waals surface area contributed by atoms with Crippen molar-refractivity contribution in [3.63, 3.8) is 0 Å². The van der Waals surface area contributed by atoms with Gasteiger partial charge in [0.25, 0.3) is 11.8 Å². The highest BCUT2D eigenvalue weighted by molar-refractivity contribution is 6.07. The van der Waals surface area contributed by atoms with Crippen LogP contribution in [0.5, 0.6) is 0 Å². The van der Waals surface area contributed by atoms with Crippen LogP contribution < -0.4 is 16.0 Å². The van der Waals surface area contributed by atoms with Crippen molar-refractivity contribution in [1.29, 1.82) is 0 Å². The van der Waals surface area contributed by atoms with E-state index < -0.39 is 35.4 Å². The Morgan fingerprint density at radius 2 is 1.80 bits per heavy atom. The molecule has 0 saturated carbocycles. The van der Waals surface area contributed by atoms with Gasteiger partial charge in [-0.05, 0) is 37.0 Å². The fourth-order valence-electron chi connectivity index (χ4n) is 2.64. The molecule has 4 N–H and O–H groups in total. The minimum absolute atomic E-state index is 0.119. The summed E-state index contributed by atoms with van der Waals surface area (Å²) in [6, 6.07) is 4.54. The highest BCUT2D eigenvalue weighted by atomic mass is 16.4. The van der Waals surface area contributed by atoms with Crippen LogP contribution >= 0.6 is 0 Å². The zero-order chi connectivity index (χ0) is 18.8. The largest absolute Gasteiger partial charge is 0.480 e. The lowest BCUT2D eigenvalue weighted by Crippen LogP contribution is -2.42. The fourth-order valence-corrected chi connectivity index (χ4v) is 2.64. The molecule has 0 aliphatic carbocycles. The molecule has 1 aromatic rings. The topological polar surface area (TPSA) is 125 Å². The summed E-state index contributed by atoms with van der Waals surface area (Å²) in [5.41, 5.74) is -0.413. The lowest BCUT2D eigenvalue weighted by Gasteiger charge is -2.21. The van der Waals surface area contributed by atoms with Gasteiger partial charge in [-0.25, -0.2) is 9.59 Å². The number of nitrogens with one attached hydrogen (secondary N) is 3. The Morgan fingerprint density at radius 3 is 2.24 bits per heavy atom. The van der Waals surface area contributed by atoms with Crippen LogP contribution in [0, 0.1) is 5.92 Å². The average Bonchev–Trinajstić information content (AvgIpc) is 2.79. The third-order valence-electron chi connectivity index (χ3n) is 4.08. The maximum absolute atomic E-state index is 12.2. The minimum Gasteiger partial charge on any atom is -0.480 e. The highest BCUT2D eigenvalue weighted by Gasteiger charge is 2.43. The number of imide groups is 1. The maximum Gasteiger partial charge on any atom is 0.326 e. The second-order valence-corrected chi connectivity index (χ2v) is 6.60. The summed E-state index contributed by atoms with van der Waals surface area (Å²) in [7, 11) is 0. The number of benzene rings is 1. The van der Waals surface area contributed by atoms with Gasteiger partial charge < -0.3 is 15.7 Å². The molecule has 8 nitrogen and oxygen atoms in total. The number of aliphatic carboxylic acids is 1. The molecule has 25 heavy (non-hydrogen) atoms. The number of carbonyl (C=O) groups is 4. The van der Waals surface area contributed by atoms with Gasteiger partial charge in [-0.1, -0.05) is 26.0 Å². The van der Waals surface area contributed by atoms with Gasteiger partial charge in [-0.2, -0.15) is 0 Å². The molecule has 1 aliphatic rings. The van der Waals surface area contributed by atoms with Crippen molar-refractivity contribution in [3.8, 4) is 0 Å². The smallest absolute Gasteiger partial charge is 0.326 e. The predicted molar refractivity (Wildman–Crippen MR) is 88.8 cm³/mol. The summed E-state index contributed by atoms with van der Waals surface area (Å²) >= 11 is 0. The van der Waals surface area contributed by atoms with Gasteiger partial charge in [0.15, 0.2) is 0 Å². The van der Waals surface area contributed by atoms with Crippen molar-refractivity contribution in [2.75, 3.05) is 0 Å². The molecule has 134 valence electrons. The molecule has 0 spiro atoms. The average molecular weight is 347 g/mol. The maximum atomic E-state index is 12.2. The summed E-state index contributed by atoms with van der Waals surface area (Å²) in [5.74, 6) is -1.95. The van der Waals surface area contributed by atoms with Crippen molar-refractivity contribution >= 4 is 23.8 Å². The van der Waals surface area contributed by atoms with Crippen molar-refractivity contribution in [3.05, 3.63) is 35.4 Å². The Kier molecular flexibility index (Phi) is 5.10. The first-order valence-electron chi connectivity index (χ1n) is 7.91. The molecule has 8 heteroatoms. The van der Waals surface area contributed by atoms with Crippen molar-refractivity contribution in [2.45, 2.75) is 38.8 Å². The van der Waals surface area contributed by atoms with E-state index in [4.69, 9.17) is 0 Å². The molecule has 0 bridgehead atoms. The van der Waals surface area contributed by atoms with E-state index in [2.05, 4.69) is 16.0 Å². The number of amides is 4. The first kappa shape index (κ1) is 18.4. The van der Waals surface area contributed by atoms with Crippen molar-refractivity contribution in [2.24, 2.45) is 5.92 Å². The van der Waals surface area contributed by atoms with E-state index in [0.29, 0.717) is 12.0 Å². The normalized spacial score (nSPS) is 20.8. The zero-order valence-corrected chi connectivity index (χ0v) is 14.3. The van der Waals surface area contributed by atoms with Gasteiger partial charge in [-0.15, -0.1) is 0 Å². The molecule has 0 radical (unpaired) electrons. The summed E-state index contributed by atoms with van der Waals surface area (Å²) in [6.07, 6.45) is 0.323. The molecule has 0 aromatic heterocycles. The highest BCUT2D eigenvalue weighted by Crippen LogP contribution is 2.24. The number of carbonyl (C=O) groups excluding carboxylic acids is 3. The Hall–Kier alpha value is -2.90. The number of urea groups is 1.